The molecule has 0 spiro atoms. The summed E-state index contributed by atoms with van der Waals surface area (Å²) in [6.07, 6.45) is 3.05. The maximum absolute atomic E-state index is 13.0. The Kier molecular flexibility index (Phi) is 4.57. The zero-order valence-electron chi connectivity index (χ0n) is 11.9. The third kappa shape index (κ3) is 3.81. The first kappa shape index (κ1) is 15.0. The molecule has 1 heterocycles. The summed E-state index contributed by atoms with van der Waals surface area (Å²) in [6, 6.07) is 4.31. The largest absolute Gasteiger partial charge is 0.396 e. The van der Waals surface area contributed by atoms with Gasteiger partial charge in [-0.1, -0.05) is 6.07 Å². The number of carbonyl (C=O) groups is 2. The fraction of sp³-hybridized carbons (Fsp3) is 0.333. The zero-order chi connectivity index (χ0) is 15.4. The van der Waals surface area contributed by atoms with E-state index in [0.717, 1.165) is 0 Å². The van der Waals surface area contributed by atoms with Crippen molar-refractivity contribution in [2.75, 3.05) is 31.9 Å². The molecule has 2 rings (SSSR count). The minimum absolute atomic E-state index is 0.0272. The van der Waals surface area contributed by atoms with Crippen LogP contribution in [-0.2, 0) is 9.59 Å². The Hall–Kier alpha value is -2.37. The average Bonchev–Trinajstić information content (AvgIpc) is 2.48. The van der Waals surface area contributed by atoms with Crippen LogP contribution in [0.4, 0.5) is 10.1 Å². The second-order valence-corrected chi connectivity index (χ2v) is 4.95. The van der Waals surface area contributed by atoms with Crippen LogP contribution in [0.25, 0.3) is 6.08 Å². The molecular formula is C15H18FN3O2. The Labute approximate surface area is 122 Å². The number of piperazine rings is 1. The highest BCUT2D eigenvalue weighted by Crippen LogP contribution is 2.13. The molecule has 0 atom stereocenters. The Morgan fingerprint density at radius 1 is 1.19 bits per heavy atom. The Morgan fingerprint density at radius 2 is 1.81 bits per heavy atom. The van der Waals surface area contributed by atoms with Crippen molar-refractivity contribution in [3.05, 3.63) is 35.7 Å². The molecule has 2 N–H and O–H groups in total. The summed E-state index contributed by atoms with van der Waals surface area (Å²) in [6.45, 7) is 3.68. The average molecular weight is 291 g/mol. The molecule has 5 nitrogen and oxygen atoms in total. The van der Waals surface area contributed by atoms with Crippen molar-refractivity contribution in [2.24, 2.45) is 0 Å². The van der Waals surface area contributed by atoms with E-state index in [1.807, 2.05) is 0 Å². The van der Waals surface area contributed by atoms with E-state index in [1.165, 1.54) is 25.1 Å². The molecule has 2 amide bonds. The Morgan fingerprint density at radius 3 is 2.38 bits per heavy atom. The second-order valence-electron chi connectivity index (χ2n) is 4.95. The highest BCUT2D eigenvalue weighted by atomic mass is 19.1. The molecule has 0 unspecified atom stereocenters. The van der Waals surface area contributed by atoms with Crippen LogP contribution >= 0.6 is 0 Å². The normalized spacial score (nSPS) is 15.5. The van der Waals surface area contributed by atoms with Crippen LogP contribution in [0.3, 0.4) is 0 Å². The Balaban J connectivity index is 1.94. The lowest BCUT2D eigenvalue weighted by Crippen LogP contribution is -2.49. The van der Waals surface area contributed by atoms with Crippen molar-refractivity contribution < 1.29 is 14.0 Å². The number of hydrogen-bond acceptors (Lipinski definition) is 3. The van der Waals surface area contributed by atoms with Gasteiger partial charge < -0.3 is 15.5 Å². The monoisotopic (exact) mass is 291 g/mol. The maximum atomic E-state index is 13.0. The van der Waals surface area contributed by atoms with Gasteiger partial charge in [0.25, 0.3) is 0 Å². The van der Waals surface area contributed by atoms with Crippen LogP contribution in [0.5, 0.6) is 0 Å². The van der Waals surface area contributed by atoms with Crippen LogP contribution < -0.4 is 5.73 Å². The van der Waals surface area contributed by atoms with Crippen molar-refractivity contribution >= 4 is 23.6 Å². The molecule has 0 aromatic heterocycles. The van der Waals surface area contributed by atoms with Gasteiger partial charge in [0.1, 0.15) is 5.82 Å². The topological polar surface area (TPSA) is 66.6 Å². The quantitative estimate of drug-likeness (QED) is 0.655. The molecule has 1 aromatic rings. The molecule has 1 saturated heterocycles. The Bertz CT molecular complexity index is 578. The van der Waals surface area contributed by atoms with E-state index >= 15 is 0 Å². The van der Waals surface area contributed by atoms with Crippen LogP contribution in [0, 0.1) is 5.82 Å². The number of carbonyl (C=O) groups excluding carboxylic acids is 2. The van der Waals surface area contributed by atoms with Gasteiger partial charge in [0.2, 0.25) is 11.8 Å². The first-order chi connectivity index (χ1) is 9.97. The van der Waals surface area contributed by atoms with Crippen LogP contribution in [0.1, 0.15) is 12.5 Å². The molecule has 1 aliphatic rings. The number of hydrogen-bond donors (Lipinski definition) is 1. The van der Waals surface area contributed by atoms with Crippen molar-refractivity contribution in [3.63, 3.8) is 0 Å². The van der Waals surface area contributed by atoms with Gasteiger partial charge in [0, 0.05) is 39.2 Å². The maximum Gasteiger partial charge on any atom is 0.246 e. The lowest BCUT2D eigenvalue weighted by molar-refractivity contribution is -0.135. The predicted molar refractivity (Wildman–Crippen MR) is 78.7 cm³/mol. The van der Waals surface area contributed by atoms with Crippen LogP contribution in [0.2, 0.25) is 0 Å². The SMILES string of the molecule is CC(=O)N1CCN(C(=O)/C=C/c2ccc(F)c(N)c2)CC1. The number of nitrogens with two attached hydrogens (primary N) is 1. The summed E-state index contributed by atoms with van der Waals surface area (Å²) in [5, 5.41) is 0. The highest BCUT2D eigenvalue weighted by molar-refractivity contribution is 5.92. The molecule has 112 valence electrons. The standard InChI is InChI=1S/C15H18FN3O2/c1-11(20)18-6-8-19(9-7-18)15(21)5-3-12-2-4-13(16)14(17)10-12/h2-5,10H,6-9,17H2,1H3/b5-3+. The molecule has 0 saturated carbocycles. The molecule has 21 heavy (non-hydrogen) atoms. The van der Waals surface area contributed by atoms with Gasteiger partial charge in [-0.3, -0.25) is 9.59 Å². The summed E-state index contributed by atoms with van der Waals surface area (Å²) >= 11 is 0. The predicted octanol–water partition coefficient (Wildman–Crippen LogP) is 1.11. The van der Waals surface area contributed by atoms with E-state index in [1.54, 1.807) is 21.9 Å². The van der Waals surface area contributed by atoms with E-state index in [0.29, 0.717) is 31.7 Å². The number of benzene rings is 1. The van der Waals surface area contributed by atoms with E-state index < -0.39 is 5.82 Å². The number of nitrogens with zero attached hydrogens (tertiary/aromatic N) is 2. The van der Waals surface area contributed by atoms with Crippen LogP contribution in [-0.4, -0.2) is 47.8 Å². The minimum Gasteiger partial charge on any atom is -0.396 e. The van der Waals surface area contributed by atoms with Gasteiger partial charge in [0.05, 0.1) is 5.69 Å². The number of nitrogen functional groups attached to an aromatic ring is 1. The van der Waals surface area contributed by atoms with Gasteiger partial charge in [-0.2, -0.15) is 0 Å². The van der Waals surface area contributed by atoms with Crippen molar-refractivity contribution in [3.8, 4) is 0 Å². The van der Waals surface area contributed by atoms with Gasteiger partial charge in [-0.25, -0.2) is 4.39 Å². The van der Waals surface area contributed by atoms with E-state index in [-0.39, 0.29) is 17.5 Å². The first-order valence-corrected chi connectivity index (χ1v) is 6.75. The summed E-state index contributed by atoms with van der Waals surface area (Å²) in [4.78, 5) is 26.6. The molecule has 0 radical (unpaired) electrons. The van der Waals surface area contributed by atoms with Crippen molar-refractivity contribution in [1.82, 2.24) is 9.80 Å². The molecular weight excluding hydrogens is 273 g/mol. The molecule has 1 fully saturated rings. The summed E-state index contributed by atoms with van der Waals surface area (Å²) in [5.41, 5.74) is 6.20. The molecule has 0 bridgehead atoms. The molecule has 1 aliphatic heterocycles. The number of amides is 2. The summed E-state index contributed by atoms with van der Waals surface area (Å²) in [5.74, 6) is -0.570. The van der Waals surface area contributed by atoms with E-state index in [4.69, 9.17) is 5.73 Å². The van der Waals surface area contributed by atoms with Crippen molar-refractivity contribution in [1.29, 1.82) is 0 Å². The summed E-state index contributed by atoms with van der Waals surface area (Å²) in [7, 11) is 0. The minimum atomic E-state index is -0.473. The molecule has 0 aliphatic carbocycles. The smallest absolute Gasteiger partial charge is 0.246 e. The fourth-order valence-electron chi connectivity index (χ4n) is 2.18. The third-order valence-corrected chi connectivity index (χ3v) is 3.48. The second kappa shape index (κ2) is 6.39. The lowest BCUT2D eigenvalue weighted by Gasteiger charge is -2.33. The van der Waals surface area contributed by atoms with Crippen molar-refractivity contribution in [2.45, 2.75) is 6.92 Å². The number of anilines is 1. The zero-order valence-corrected chi connectivity index (χ0v) is 11.9. The van der Waals surface area contributed by atoms with Gasteiger partial charge >= 0.3 is 0 Å². The van der Waals surface area contributed by atoms with Gasteiger partial charge in [-0.05, 0) is 23.8 Å². The fourth-order valence-corrected chi connectivity index (χ4v) is 2.18. The third-order valence-electron chi connectivity index (χ3n) is 3.48. The first-order valence-electron chi connectivity index (χ1n) is 6.75. The molecule has 6 heteroatoms. The summed E-state index contributed by atoms with van der Waals surface area (Å²) < 4.78 is 13.0. The number of rotatable bonds is 2. The molecule has 1 aromatic carbocycles. The van der Waals surface area contributed by atoms with Crippen LogP contribution in [0.15, 0.2) is 24.3 Å². The van der Waals surface area contributed by atoms with Gasteiger partial charge in [-0.15, -0.1) is 0 Å². The van der Waals surface area contributed by atoms with E-state index in [2.05, 4.69) is 0 Å². The highest BCUT2D eigenvalue weighted by Gasteiger charge is 2.20. The number of halogens is 1. The lowest BCUT2D eigenvalue weighted by atomic mass is 10.2. The van der Waals surface area contributed by atoms with E-state index in [9.17, 15) is 14.0 Å². The van der Waals surface area contributed by atoms with Gasteiger partial charge in [0.15, 0.2) is 0 Å².